The lowest BCUT2D eigenvalue weighted by Gasteiger charge is -2.30. The molecule has 0 amide bonds. The van der Waals surface area contributed by atoms with E-state index in [1.165, 1.54) is 25.6 Å². The number of anilines is 1. The second kappa shape index (κ2) is 5.31. The van der Waals surface area contributed by atoms with E-state index in [9.17, 15) is 0 Å². The molecule has 2 rings (SSSR count). The largest absolute Gasteiger partial charge is 0.481 e. The maximum absolute atomic E-state index is 5.81. The van der Waals surface area contributed by atoms with Crippen molar-refractivity contribution in [2.45, 2.75) is 25.3 Å². The van der Waals surface area contributed by atoms with Crippen molar-refractivity contribution in [3.63, 3.8) is 0 Å². The van der Waals surface area contributed by atoms with E-state index in [0.29, 0.717) is 17.8 Å². The minimum atomic E-state index is 0.486. The van der Waals surface area contributed by atoms with Crippen molar-refractivity contribution in [2.75, 3.05) is 25.6 Å². The minimum absolute atomic E-state index is 0.486. The zero-order valence-corrected chi connectivity index (χ0v) is 10.5. The predicted octanol–water partition coefficient (Wildman–Crippen LogP) is 1.05. The molecule has 1 aromatic rings. The fourth-order valence-corrected chi connectivity index (χ4v) is 2.61. The first-order valence-electron chi connectivity index (χ1n) is 6.05. The molecular formula is C12H20N4O. The SMILES string of the molecule is COc1cc(N(C)C2CCCC2CN)ncn1. The lowest BCUT2D eigenvalue weighted by molar-refractivity contribution is 0.396. The van der Waals surface area contributed by atoms with Gasteiger partial charge in [0.2, 0.25) is 5.88 Å². The van der Waals surface area contributed by atoms with E-state index in [4.69, 9.17) is 10.5 Å². The summed E-state index contributed by atoms with van der Waals surface area (Å²) in [6.07, 6.45) is 5.19. The number of ether oxygens (including phenoxy) is 1. The van der Waals surface area contributed by atoms with Gasteiger partial charge in [-0.3, -0.25) is 0 Å². The molecular weight excluding hydrogens is 216 g/mol. The van der Waals surface area contributed by atoms with Crippen LogP contribution in [0.4, 0.5) is 5.82 Å². The van der Waals surface area contributed by atoms with Gasteiger partial charge < -0.3 is 15.4 Å². The van der Waals surface area contributed by atoms with Gasteiger partial charge in [0.05, 0.1) is 7.11 Å². The second-order valence-electron chi connectivity index (χ2n) is 4.52. The highest BCUT2D eigenvalue weighted by Gasteiger charge is 2.30. The fraction of sp³-hybridized carbons (Fsp3) is 0.667. The van der Waals surface area contributed by atoms with Gasteiger partial charge in [-0.2, -0.15) is 0 Å². The molecule has 1 aliphatic carbocycles. The van der Waals surface area contributed by atoms with Gasteiger partial charge in [0, 0.05) is 19.2 Å². The quantitative estimate of drug-likeness (QED) is 0.846. The number of hydrogen-bond donors (Lipinski definition) is 1. The molecule has 2 N–H and O–H groups in total. The third kappa shape index (κ3) is 2.49. The van der Waals surface area contributed by atoms with Crippen molar-refractivity contribution in [2.24, 2.45) is 11.7 Å². The smallest absolute Gasteiger partial charge is 0.218 e. The molecule has 1 aromatic heterocycles. The molecule has 0 radical (unpaired) electrons. The number of hydrogen-bond acceptors (Lipinski definition) is 5. The summed E-state index contributed by atoms with van der Waals surface area (Å²) in [4.78, 5) is 10.5. The number of nitrogens with two attached hydrogens (primary N) is 1. The zero-order valence-electron chi connectivity index (χ0n) is 10.5. The van der Waals surface area contributed by atoms with Crippen molar-refractivity contribution in [3.05, 3.63) is 12.4 Å². The molecule has 5 heteroatoms. The summed E-state index contributed by atoms with van der Waals surface area (Å²) in [7, 11) is 3.69. The molecule has 2 unspecified atom stereocenters. The van der Waals surface area contributed by atoms with Crippen molar-refractivity contribution < 1.29 is 4.74 Å². The molecule has 2 atom stereocenters. The Kier molecular flexibility index (Phi) is 3.78. The zero-order chi connectivity index (χ0) is 12.3. The highest BCUT2D eigenvalue weighted by molar-refractivity contribution is 5.41. The van der Waals surface area contributed by atoms with Gasteiger partial charge in [0.1, 0.15) is 12.1 Å². The molecule has 0 aliphatic heterocycles. The normalized spacial score (nSPS) is 23.7. The van der Waals surface area contributed by atoms with Gasteiger partial charge in [-0.25, -0.2) is 9.97 Å². The van der Waals surface area contributed by atoms with Crippen molar-refractivity contribution >= 4 is 5.82 Å². The molecule has 1 saturated carbocycles. The van der Waals surface area contributed by atoms with Crippen LogP contribution >= 0.6 is 0 Å². The van der Waals surface area contributed by atoms with E-state index < -0.39 is 0 Å². The Hall–Kier alpha value is -1.36. The highest BCUT2D eigenvalue weighted by Crippen LogP contribution is 2.31. The molecule has 1 aliphatic rings. The Morgan fingerprint density at radius 2 is 2.29 bits per heavy atom. The first kappa shape index (κ1) is 12.1. The fourth-order valence-electron chi connectivity index (χ4n) is 2.61. The lowest BCUT2D eigenvalue weighted by Crippen LogP contribution is -2.38. The summed E-state index contributed by atoms with van der Waals surface area (Å²) < 4.78 is 5.12. The van der Waals surface area contributed by atoms with Crippen LogP contribution in [0, 0.1) is 5.92 Å². The second-order valence-corrected chi connectivity index (χ2v) is 4.52. The average molecular weight is 236 g/mol. The van der Waals surface area contributed by atoms with Crippen molar-refractivity contribution in [3.8, 4) is 5.88 Å². The Labute approximate surface area is 102 Å². The van der Waals surface area contributed by atoms with Gasteiger partial charge >= 0.3 is 0 Å². The summed E-state index contributed by atoms with van der Waals surface area (Å²) >= 11 is 0. The van der Waals surface area contributed by atoms with Crippen LogP contribution in [0.2, 0.25) is 0 Å². The van der Waals surface area contributed by atoms with Crippen LogP contribution in [0.15, 0.2) is 12.4 Å². The highest BCUT2D eigenvalue weighted by atomic mass is 16.5. The molecule has 0 saturated heterocycles. The molecule has 0 bridgehead atoms. The summed E-state index contributed by atoms with van der Waals surface area (Å²) in [6.45, 7) is 0.747. The van der Waals surface area contributed by atoms with E-state index >= 15 is 0 Å². The van der Waals surface area contributed by atoms with Crippen LogP contribution in [-0.4, -0.2) is 36.7 Å². The predicted molar refractivity (Wildman–Crippen MR) is 67.2 cm³/mol. The van der Waals surface area contributed by atoms with Crippen LogP contribution in [-0.2, 0) is 0 Å². The monoisotopic (exact) mass is 236 g/mol. The average Bonchev–Trinajstić information content (AvgIpc) is 2.86. The number of rotatable bonds is 4. The third-order valence-electron chi connectivity index (χ3n) is 3.62. The Morgan fingerprint density at radius 1 is 1.47 bits per heavy atom. The van der Waals surface area contributed by atoms with E-state index in [-0.39, 0.29) is 0 Å². The topological polar surface area (TPSA) is 64.3 Å². The Bertz CT molecular complexity index is 371. The third-order valence-corrected chi connectivity index (χ3v) is 3.62. The van der Waals surface area contributed by atoms with Crippen LogP contribution in [0.3, 0.4) is 0 Å². The van der Waals surface area contributed by atoms with E-state index in [1.807, 2.05) is 6.07 Å². The molecule has 5 nitrogen and oxygen atoms in total. The summed E-state index contributed by atoms with van der Waals surface area (Å²) in [5.74, 6) is 2.08. The van der Waals surface area contributed by atoms with Gasteiger partial charge in [-0.05, 0) is 25.3 Å². The van der Waals surface area contributed by atoms with Gasteiger partial charge in [0.15, 0.2) is 0 Å². The molecule has 0 spiro atoms. The molecule has 94 valence electrons. The molecule has 17 heavy (non-hydrogen) atoms. The number of aromatic nitrogens is 2. The van der Waals surface area contributed by atoms with Gasteiger partial charge in [0.25, 0.3) is 0 Å². The van der Waals surface area contributed by atoms with E-state index in [2.05, 4.69) is 21.9 Å². The van der Waals surface area contributed by atoms with Crippen molar-refractivity contribution in [1.29, 1.82) is 0 Å². The Balaban J connectivity index is 2.15. The number of nitrogens with zero attached hydrogens (tertiary/aromatic N) is 3. The molecule has 1 fully saturated rings. The molecule has 1 heterocycles. The van der Waals surface area contributed by atoms with Gasteiger partial charge in [-0.15, -0.1) is 0 Å². The first-order chi connectivity index (χ1) is 8.26. The van der Waals surface area contributed by atoms with Crippen LogP contribution in [0.1, 0.15) is 19.3 Å². The lowest BCUT2D eigenvalue weighted by atomic mass is 10.0. The summed E-state index contributed by atoms with van der Waals surface area (Å²) in [5, 5.41) is 0. The Morgan fingerprint density at radius 3 is 3.00 bits per heavy atom. The summed E-state index contributed by atoms with van der Waals surface area (Å²) in [6, 6.07) is 2.35. The van der Waals surface area contributed by atoms with Crippen LogP contribution < -0.4 is 15.4 Å². The van der Waals surface area contributed by atoms with Crippen LogP contribution in [0.5, 0.6) is 5.88 Å². The van der Waals surface area contributed by atoms with E-state index in [1.54, 1.807) is 7.11 Å². The van der Waals surface area contributed by atoms with Gasteiger partial charge in [-0.1, -0.05) is 6.42 Å². The molecule has 0 aromatic carbocycles. The maximum atomic E-state index is 5.81. The number of methoxy groups -OCH3 is 1. The van der Waals surface area contributed by atoms with Crippen molar-refractivity contribution in [1.82, 2.24) is 9.97 Å². The summed E-state index contributed by atoms with van der Waals surface area (Å²) in [5.41, 5.74) is 5.81. The van der Waals surface area contributed by atoms with E-state index in [0.717, 1.165) is 12.4 Å². The minimum Gasteiger partial charge on any atom is -0.481 e. The van der Waals surface area contributed by atoms with Crippen LogP contribution in [0.25, 0.3) is 0 Å². The maximum Gasteiger partial charge on any atom is 0.218 e. The standard InChI is InChI=1S/C12H20N4O/c1-16(10-5-3-4-9(10)7-13)11-6-12(17-2)15-8-14-11/h6,8-10H,3-5,7,13H2,1-2H3. The first-order valence-corrected chi connectivity index (χ1v) is 6.05.